The molecule has 0 amide bonds. The van der Waals surface area contributed by atoms with Crippen LogP contribution in [-0.4, -0.2) is 12.4 Å². The quantitative estimate of drug-likeness (QED) is 0.651. The average molecular weight is 205 g/mol. The van der Waals surface area contributed by atoms with Crippen LogP contribution >= 0.6 is 27.4 Å². The molecule has 1 atom stereocenters. The van der Waals surface area contributed by atoms with Gasteiger partial charge in [0.25, 0.3) is 0 Å². The molecule has 0 radical (unpaired) electrons. The van der Waals surface area contributed by atoms with Crippen LogP contribution in [0, 0.1) is 0 Å². The zero-order valence-corrected chi connectivity index (χ0v) is 8.75. The van der Waals surface area contributed by atoms with Crippen molar-refractivity contribution in [3.63, 3.8) is 0 Å². The summed E-state index contributed by atoms with van der Waals surface area (Å²) in [4.78, 5) is -1.97. The summed E-state index contributed by atoms with van der Waals surface area (Å²) in [6.07, 6.45) is 0. The number of rotatable bonds is 4. The fourth-order valence-electron chi connectivity index (χ4n) is 0.346. The molecule has 1 unspecified atom stereocenters. The fraction of sp³-hybridized carbons (Fsp3) is 1.00. The van der Waals surface area contributed by atoms with Crippen molar-refractivity contribution in [3.8, 4) is 0 Å². The van der Waals surface area contributed by atoms with E-state index in [1.54, 1.807) is 0 Å². The van der Waals surface area contributed by atoms with E-state index < -0.39 is 4.82 Å². The SMILES string of the molecule is CCOP(=S)(Cl)SCC. The van der Waals surface area contributed by atoms with E-state index in [1.165, 1.54) is 11.4 Å². The van der Waals surface area contributed by atoms with Gasteiger partial charge in [-0.25, -0.2) is 0 Å². The minimum absolute atomic E-state index is 0.619. The Bertz CT molecular complexity index is 109. The second kappa shape index (κ2) is 4.97. The molecule has 0 saturated heterocycles. The summed E-state index contributed by atoms with van der Waals surface area (Å²) in [6, 6.07) is 0. The molecule has 0 aliphatic heterocycles. The van der Waals surface area contributed by atoms with Crippen molar-refractivity contribution in [2.75, 3.05) is 12.4 Å². The lowest BCUT2D eigenvalue weighted by Crippen LogP contribution is -1.78. The molecule has 0 N–H and O–H groups in total. The predicted octanol–water partition coefficient (Wildman–Crippen LogP) is 3.24. The third kappa shape index (κ3) is 5.68. The summed E-state index contributed by atoms with van der Waals surface area (Å²) in [5.41, 5.74) is 0. The fourth-order valence-corrected chi connectivity index (χ4v) is 4.94. The van der Waals surface area contributed by atoms with Crippen LogP contribution in [0.25, 0.3) is 0 Å². The Kier molecular flexibility index (Phi) is 5.67. The minimum atomic E-state index is -1.97. The normalized spacial score (nSPS) is 17.2. The van der Waals surface area contributed by atoms with Crippen molar-refractivity contribution in [1.82, 2.24) is 0 Å². The molecular formula is C4H10ClOPS2. The van der Waals surface area contributed by atoms with Gasteiger partial charge in [0.1, 0.15) is 0 Å². The Morgan fingerprint density at radius 1 is 1.67 bits per heavy atom. The second-order valence-corrected chi connectivity index (χ2v) is 10.4. The van der Waals surface area contributed by atoms with Crippen molar-refractivity contribution < 1.29 is 4.52 Å². The summed E-state index contributed by atoms with van der Waals surface area (Å²) in [6.45, 7) is 4.54. The van der Waals surface area contributed by atoms with Crippen LogP contribution in [0.4, 0.5) is 0 Å². The predicted molar refractivity (Wildman–Crippen MR) is 49.9 cm³/mol. The summed E-state index contributed by atoms with van der Waals surface area (Å²) in [5.74, 6) is 0.931. The first kappa shape index (κ1) is 10.2. The highest BCUT2D eigenvalue weighted by molar-refractivity contribution is 8.76. The zero-order chi connectivity index (χ0) is 7.33. The highest BCUT2D eigenvalue weighted by Crippen LogP contribution is 2.64. The van der Waals surface area contributed by atoms with Crippen LogP contribution in [0.3, 0.4) is 0 Å². The Morgan fingerprint density at radius 3 is 2.56 bits per heavy atom. The molecule has 0 aromatic carbocycles. The highest BCUT2D eigenvalue weighted by Gasteiger charge is 2.10. The van der Waals surface area contributed by atoms with Gasteiger partial charge in [-0.15, -0.1) is 0 Å². The molecule has 56 valence electrons. The van der Waals surface area contributed by atoms with Crippen molar-refractivity contribution >= 4 is 39.2 Å². The summed E-state index contributed by atoms with van der Waals surface area (Å²) >= 11 is 12.3. The van der Waals surface area contributed by atoms with Gasteiger partial charge >= 0.3 is 0 Å². The van der Waals surface area contributed by atoms with Gasteiger partial charge in [0.15, 0.2) is 0 Å². The lowest BCUT2D eigenvalue weighted by atomic mass is 10.9. The Labute approximate surface area is 70.1 Å². The monoisotopic (exact) mass is 204 g/mol. The topological polar surface area (TPSA) is 9.23 Å². The first-order chi connectivity index (χ1) is 4.12. The number of hydrogen-bond donors (Lipinski definition) is 0. The van der Waals surface area contributed by atoms with Gasteiger partial charge in [-0.05, 0) is 35.7 Å². The van der Waals surface area contributed by atoms with Crippen molar-refractivity contribution in [2.45, 2.75) is 13.8 Å². The molecule has 0 saturated carbocycles. The maximum Gasteiger partial charge on any atom is 0.207 e. The third-order valence-corrected chi connectivity index (χ3v) is 6.15. The molecule has 0 spiro atoms. The molecule has 9 heavy (non-hydrogen) atoms. The molecule has 0 aromatic rings. The Balaban J connectivity index is 3.58. The largest absolute Gasteiger partial charge is 0.331 e. The molecule has 0 rings (SSSR count). The smallest absolute Gasteiger partial charge is 0.207 e. The third-order valence-electron chi connectivity index (χ3n) is 0.567. The molecule has 0 aliphatic carbocycles. The number of hydrogen-bond acceptors (Lipinski definition) is 3. The van der Waals surface area contributed by atoms with Gasteiger partial charge in [0.2, 0.25) is 4.82 Å². The van der Waals surface area contributed by atoms with Gasteiger partial charge < -0.3 is 4.52 Å². The maximum atomic E-state index is 5.80. The Hall–Kier alpha value is 1.25. The first-order valence-electron chi connectivity index (χ1n) is 2.71. The van der Waals surface area contributed by atoms with Gasteiger partial charge in [0, 0.05) is 0 Å². The highest BCUT2D eigenvalue weighted by atomic mass is 35.7. The van der Waals surface area contributed by atoms with E-state index in [-0.39, 0.29) is 0 Å². The molecule has 0 aromatic heterocycles. The van der Waals surface area contributed by atoms with Gasteiger partial charge in [-0.3, -0.25) is 0 Å². The molecule has 0 bridgehead atoms. The van der Waals surface area contributed by atoms with Gasteiger partial charge in [-0.1, -0.05) is 18.3 Å². The summed E-state index contributed by atoms with van der Waals surface area (Å²) < 4.78 is 5.12. The summed E-state index contributed by atoms with van der Waals surface area (Å²) in [7, 11) is 0. The van der Waals surface area contributed by atoms with Crippen LogP contribution < -0.4 is 0 Å². The van der Waals surface area contributed by atoms with Gasteiger partial charge in [0.05, 0.1) is 6.61 Å². The zero-order valence-electron chi connectivity index (χ0n) is 5.46. The van der Waals surface area contributed by atoms with Crippen LogP contribution in [0.15, 0.2) is 0 Å². The van der Waals surface area contributed by atoms with E-state index in [4.69, 9.17) is 27.6 Å². The van der Waals surface area contributed by atoms with E-state index in [0.29, 0.717) is 6.61 Å². The van der Waals surface area contributed by atoms with E-state index in [0.717, 1.165) is 5.75 Å². The second-order valence-electron chi connectivity index (χ2n) is 1.27. The molecule has 0 aliphatic rings. The maximum absolute atomic E-state index is 5.80. The first-order valence-corrected chi connectivity index (χ1v) is 7.92. The average Bonchev–Trinajstić information content (AvgIpc) is 1.64. The van der Waals surface area contributed by atoms with Crippen LogP contribution in [-0.2, 0) is 16.3 Å². The lowest BCUT2D eigenvalue weighted by molar-refractivity contribution is 0.392. The minimum Gasteiger partial charge on any atom is -0.331 e. The van der Waals surface area contributed by atoms with E-state index in [9.17, 15) is 0 Å². The standard InChI is InChI=1S/C4H10ClOPS2/c1-3-6-7(5,8)9-4-2/h3-4H2,1-2H3. The molecule has 1 nitrogen and oxygen atoms in total. The molecule has 0 fully saturated rings. The Morgan fingerprint density at radius 2 is 2.22 bits per heavy atom. The number of halogens is 1. The van der Waals surface area contributed by atoms with Gasteiger partial charge in [-0.2, -0.15) is 0 Å². The van der Waals surface area contributed by atoms with Crippen LogP contribution in [0.1, 0.15) is 13.8 Å². The lowest BCUT2D eigenvalue weighted by Gasteiger charge is -2.10. The molecule has 5 heteroatoms. The van der Waals surface area contributed by atoms with E-state index in [1.807, 2.05) is 13.8 Å². The molecule has 0 heterocycles. The van der Waals surface area contributed by atoms with Crippen molar-refractivity contribution in [1.29, 1.82) is 0 Å². The van der Waals surface area contributed by atoms with E-state index in [2.05, 4.69) is 0 Å². The van der Waals surface area contributed by atoms with Crippen LogP contribution in [0.5, 0.6) is 0 Å². The van der Waals surface area contributed by atoms with Crippen molar-refractivity contribution in [3.05, 3.63) is 0 Å². The van der Waals surface area contributed by atoms with Crippen molar-refractivity contribution in [2.24, 2.45) is 0 Å². The molecular weight excluding hydrogens is 195 g/mol. The summed E-state index contributed by atoms with van der Waals surface area (Å²) in [5, 5.41) is 0. The van der Waals surface area contributed by atoms with E-state index >= 15 is 0 Å². The van der Waals surface area contributed by atoms with Crippen LogP contribution in [0.2, 0.25) is 0 Å².